The summed E-state index contributed by atoms with van der Waals surface area (Å²) in [6.45, 7) is 0.974. The second kappa shape index (κ2) is 5.77. The predicted molar refractivity (Wildman–Crippen MR) is 64.4 cm³/mol. The van der Waals surface area contributed by atoms with Crippen molar-refractivity contribution in [3.8, 4) is 0 Å². The molecular formula is C10H16N2O5S. The molecule has 2 amide bonds. The number of urea groups is 1. The maximum atomic E-state index is 12.2. The van der Waals surface area contributed by atoms with E-state index in [2.05, 4.69) is 0 Å². The molecule has 2 heterocycles. The number of aliphatic carboxylic acids is 1. The second-order valence-corrected chi connectivity index (χ2v) is 5.23. The van der Waals surface area contributed by atoms with E-state index in [1.54, 1.807) is 4.90 Å². The number of hydrogen-bond acceptors (Lipinski definition) is 5. The van der Waals surface area contributed by atoms with Gasteiger partial charge in [0.25, 0.3) is 0 Å². The zero-order chi connectivity index (χ0) is 13.1. The van der Waals surface area contributed by atoms with Crippen LogP contribution in [0, 0.1) is 0 Å². The van der Waals surface area contributed by atoms with Crippen LogP contribution in [0.4, 0.5) is 4.79 Å². The highest BCUT2D eigenvalue weighted by atomic mass is 32.2. The number of aliphatic hydroxyl groups is 1. The molecule has 2 atom stereocenters. The monoisotopic (exact) mass is 276 g/mol. The summed E-state index contributed by atoms with van der Waals surface area (Å²) in [7, 11) is 0. The summed E-state index contributed by atoms with van der Waals surface area (Å²) < 4.78 is 5.26. The number of nitrogens with zero attached hydrogens (tertiary/aromatic N) is 2. The first kappa shape index (κ1) is 13.4. The van der Waals surface area contributed by atoms with E-state index in [0.717, 1.165) is 0 Å². The maximum absolute atomic E-state index is 12.2. The van der Waals surface area contributed by atoms with Crippen LogP contribution in [0.3, 0.4) is 0 Å². The van der Waals surface area contributed by atoms with E-state index in [9.17, 15) is 9.59 Å². The first-order chi connectivity index (χ1) is 8.63. The number of ether oxygens (including phenoxy) is 1. The number of carbonyl (C=O) groups is 2. The van der Waals surface area contributed by atoms with Crippen LogP contribution in [0.25, 0.3) is 0 Å². The molecule has 0 bridgehead atoms. The minimum Gasteiger partial charge on any atom is -0.480 e. The average Bonchev–Trinajstić information content (AvgIpc) is 2.87. The van der Waals surface area contributed by atoms with Crippen LogP contribution in [0.15, 0.2) is 0 Å². The number of carboxylic acid groups (broad SMARTS) is 1. The van der Waals surface area contributed by atoms with Gasteiger partial charge in [-0.25, -0.2) is 9.59 Å². The molecular weight excluding hydrogens is 260 g/mol. The lowest BCUT2D eigenvalue weighted by Crippen LogP contribution is -2.54. The highest BCUT2D eigenvalue weighted by Crippen LogP contribution is 2.23. The zero-order valence-corrected chi connectivity index (χ0v) is 10.6. The summed E-state index contributed by atoms with van der Waals surface area (Å²) in [5.41, 5.74) is 0. The minimum absolute atomic E-state index is 0.138. The number of thioether (sulfide) groups is 1. The normalized spacial score (nSPS) is 28.5. The Kier molecular flexibility index (Phi) is 4.31. The van der Waals surface area contributed by atoms with Gasteiger partial charge < -0.3 is 24.7 Å². The smallest absolute Gasteiger partial charge is 0.327 e. The molecule has 0 aromatic carbocycles. The Hall–Kier alpha value is -0.990. The molecule has 0 radical (unpaired) electrons. The van der Waals surface area contributed by atoms with Crippen LogP contribution in [0.1, 0.15) is 0 Å². The van der Waals surface area contributed by atoms with Gasteiger partial charge in [0.05, 0.1) is 31.7 Å². The summed E-state index contributed by atoms with van der Waals surface area (Å²) in [5, 5.41) is 18.1. The molecule has 0 aromatic heterocycles. The Labute approximate surface area is 109 Å². The highest BCUT2D eigenvalue weighted by molar-refractivity contribution is 7.99. The SMILES string of the molecule is O=C(O)C1CSCN1C(=O)N1CCOC(CO)C1. The van der Waals surface area contributed by atoms with E-state index in [1.165, 1.54) is 16.7 Å². The van der Waals surface area contributed by atoms with Gasteiger partial charge in [-0.2, -0.15) is 0 Å². The second-order valence-electron chi connectivity index (χ2n) is 4.23. The standard InChI is InChI=1S/C10H16N2O5S/c13-4-7-3-11(1-2-17-7)10(16)12-6-18-5-8(12)9(14)15/h7-8,13H,1-6H2,(H,14,15). The fraction of sp³-hybridized carbons (Fsp3) is 0.800. The molecule has 2 N–H and O–H groups in total. The van der Waals surface area contributed by atoms with E-state index in [4.69, 9.17) is 14.9 Å². The van der Waals surface area contributed by atoms with E-state index in [0.29, 0.717) is 31.3 Å². The molecule has 0 aliphatic carbocycles. The molecule has 8 heteroatoms. The first-order valence-corrected chi connectivity index (χ1v) is 6.87. The lowest BCUT2D eigenvalue weighted by molar-refractivity contribution is -0.141. The Morgan fingerprint density at radius 1 is 1.44 bits per heavy atom. The van der Waals surface area contributed by atoms with Crippen LogP contribution in [-0.4, -0.2) is 82.1 Å². The minimum atomic E-state index is -0.972. The van der Waals surface area contributed by atoms with Crippen LogP contribution in [0.2, 0.25) is 0 Å². The number of carboxylic acids is 1. The summed E-state index contributed by atoms with van der Waals surface area (Å²) >= 11 is 1.43. The summed E-state index contributed by atoms with van der Waals surface area (Å²) in [4.78, 5) is 26.2. The lowest BCUT2D eigenvalue weighted by Gasteiger charge is -2.35. The van der Waals surface area contributed by atoms with Gasteiger partial charge in [0, 0.05) is 12.3 Å². The number of morpholine rings is 1. The Morgan fingerprint density at radius 3 is 2.89 bits per heavy atom. The van der Waals surface area contributed by atoms with Crippen molar-refractivity contribution in [1.82, 2.24) is 9.80 Å². The molecule has 2 fully saturated rings. The van der Waals surface area contributed by atoms with Crippen molar-refractivity contribution in [2.24, 2.45) is 0 Å². The number of rotatable bonds is 2. The average molecular weight is 276 g/mol. The Morgan fingerprint density at radius 2 is 2.22 bits per heavy atom. The van der Waals surface area contributed by atoms with Crippen molar-refractivity contribution >= 4 is 23.8 Å². The molecule has 0 aromatic rings. The molecule has 2 unspecified atom stereocenters. The highest BCUT2D eigenvalue weighted by Gasteiger charge is 2.38. The molecule has 2 rings (SSSR count). The summed E-state index contributed by atoms with van der Waals surface area (Å²) in [5.74, 6) is -0.147. The van der Waals surface area contributed by atoms with E-state index in [-0.39, 0.29) is 18.7 Å². The molecule has 0 spiro atoms. The molecule has 2 aliphatic rings. The quantitative estimate of drug-likeness (QED) is 0.690. The first-order valence-electron chi connectivity index (χ1n) is 5.72. The predicted octanol–water partition coefficient (Wildman–Crippen LogP) is -0.741. The van der Waals surface area contributed by atoms with Crippen LogP contribution in [0.5, 0.6) is 0 Å². The van der Waals surface area contributed by atoms with Crippen molar-refractivity contribution in [2.45, 2.75) is 12.1 Å². The number of amides is 2. The largest absolute Gasteiger partial charge is 0.480 e. The van der Waals surface area contributed by atoms with E-state index < -0.39 is 12.0 Å². The molecule has 2 aliphatic heterocycles. The summed E-state index contributed by atoms with van der Waals surface area (Å²) in [6.07, 6.45) is -0.374. The topological polar surface area (TPSA) is 90.3 Å². The van der Waals surface area contributed by atoms with Crippen molar-refractivity contribution in [3.05, 3.63) is 0 Å². The third kappa shape index (κ3) is 2.70. The van der Waals surface area contributed by atoms with Gasteiger partial charge in [-0.15, -0.1) is 11.8 Å². The van der Waals surface area contributed by atoms with Gasteiger partial charge in [-0.3, -0.25) is 0 Å². The van der Waals surface area contributed by atoms with Crippen molar-refractivity contribution in [3.63, 3.8) is 0 Å². The molecule has 0 saturated carbocycles. The van der Waals surface area contributed by atoms with E-state index >= 15 is 0 Å². The van der Waals surface area contributed by atoms with Gasteiger partial charge in [0.15, 0.2) is 0 Å². The number of carbonyl (C=O) groups excluding carboxylic acids is 1. The third-order valence-electron chi connectivity index (χ3n) is 3.03. The van der Waals surface area contributed by atoms with Crippen molar-refractivity contribution < 1.29 is 24.5 Å². The van der Waals surface area contributed by atoms with E-state index in [1.807, 2.05) is 0 Å². The summed E-state index contributed by atoms with van der Waals surface area (Å²) in [6, 6.07) is -1.04. The van der Waals surface area contributed by atoms with Gasteiger partial charge in [0.1, 0.15) is 6.04 Å². The fourth-order valence-corrected chi connectivity index (χ4v) is 3.16. The molecule has 18 heavy (non-hydrogen) atoms. The molecule has 7 nitrogen and oxygen atoms in total. The lowest BCUT2D eigenvalue weighted by atomic mass is 10.2. The molecule has 102 valence electrons. The van der Waals surface area contributed by atoms with Gasteiger partial charge in [-0.1, -0.05) is 0 Å². The Balaban J connectivity index is 1.99. The van der Waals surface area contributed by atoms with Crippen LogP contribution in [-0.2, 0) is 9.53 Å². The zero-order valence-electron chi connectivity index (χ0n) is 9.82. The molecule has 2 saturated heterocycles. The van der Waals surface area contributed by atoms with Crippen LogP contribution >= 0.6 is 11.8 Å². The van der Waals surface area contributed by atoms with Gasteiger partial charge in [-0.05, 0) is 0 Å². The third-order valence-corrected chi connectivity index (χ3v) is 4.04. The Bertz CT molecular complexity index is 340. The van der Waals surface area contributed by atoms with Gasteiger partial charge in [0.2, 0.25) is 0 Å². The fourth-order valence-electron chi connectivity index (χ4n) is 2.02. The number of aliphatic hydroxyl groups excluding tert-OH is 1. The number of hydrogen-bond donors (Lipinski definition) is 2. The van der Waals surface area contributed by atoms with Crippen LogP contribution < -0.4 is 0 Å². The van der Waals surface area contributed by atoms with Gasteiger partial charge >= 0.3 is 12.0 Å². The maximum Gasteiger partial charge on any atom is 0.327 e. The van der Waals surface area contributed by atoms with Crippen molar-refractivity contribution in [1.29, 1.82) is 0 Å². The van der Waals surface area contributed by atoms with Crippen molar-refractivity contribution in [2.75, 3.05) is 37.9 Å².